The van der Waals surface area contributed by atoms with E-state index in [4.69, 9.17) is 0 Å². The summed E-state index contributed by atoms with van der Waals surface area (Å²) >= 11 is 0. The number of hydrogen-bond donors (Lipinski definition) is 0. The topological polar surface area (TPSA) is 71.6 Å². The monoisotopic (exact) mass is 378 g/mol. The first-order valence-electron chi connectivity index (χ1n) is 9.33. The number of carbonyl (C=O) groups is 1. The second kappa shape index (κ2) is 7.34. The number of aryl methyl sites for hydroxylation is 1. The first-order chi connectivity index (χ1) is 13.5. The van der Waals surface area contributed by atoms with E-state index in [1.54, 1.807) is 12.1 Å². The van der Waals surface area contributed by atoms with E-state index in [0.717, 1.165) is 35.2 Å². The van der Waals surface area contributed by atoms with Crippen LogP contribution in [0.5, 0.6) is 0 Å². The van der Waals surface area contributed by atoms with Gasteiger partial charge in [0.1, 0.15) is 0 Å². The molecule has 1 saturated heterocycles. The predicted octanol–water partition coefficient (Wildman–Crippen LogP) is 2.98. The summed E-state index contributed by atoms with van der Waals surface area (Å²) in [4.78, 5) is 27.3. The highest BCUT2D eigenvalue weighted by molar-refractivity contribution is 5.89. The maximum atomic E-state index is 12.8. The van der Waals surface area contributed by atoms with Gasteiger partial charge in [-0.05, 0) is 23.8 Å². The van der Waals surface area contributed by atoms with Crippen LogP contribution in [0.25, 0.3) is 10.9 Å². The molecular formula is C21H22N4O3. The van der Waals surface area contributed by atoms with Crippen molar-refractivity contribution in [2.45, 2.75) is 6.42 Å². The van der Waals surface area contributed by atoms with Crippen LogP contribution in [0.1, 0.15) is 5.56 Å². The van der Waals surface area contributed by atoms with Gasteiger partial charge in [-0.15, -0.1) is 0 Å². The van der Waals surface area contributed by atoms with Gasteiger partial charge in [0, 0.05) is 68.1 Å². The van der Waals surface area contributed by atoms with Gasteiger partial charge in [-0.1, -0.05) is 18.2 Å². The van der Waals surface area contributed by atoms with Crippen LogP contribution in [0.15, 0.2) is 54.7 Å². The molecule has 0 unspecified atom stereocenters. The number of nitrogens with zero attached hydrogens (tertiary/aromatic N) is 4. The summed E-state index contributed by atoms with van der Waals surface area (Å²) in [5.74, 6) is 0.139. The number of fused-ring (bicyclic) bond motifs is 1. The van der Waals surface area contributed by atoms with Gasteiger partial charge in [0.2, 0.25) is 5.91 Å². The van der Waals surface area contributed by atoms with Crippen molar-refractivity contribution in [3.63, 3.8) is 0 Å². The number of non-ortho nitro benzene ring substituents is 1. The van der Waals surface area contributed by atoms with Crippen LogP contribution in [0.4, 0.5) is 11.4 Å². The van der Waals surface area contributed by atoms with Gasteiger partial charge in [-0.2, -0.15) is 0 Å². The summed E-state index contributed by atoms with van der Waals surface area (Å²) in [5.41, 5.74) is 3.23. The summed E-state index contributed by atoms with van der Waals surface area (Å²) < 4.78 is 2.06. The zero-order chi connectivity index (χ0) is 19.7. The van der Waals surface area contributed by atoms with Gasteiger partial charge in [0.15, 0.2) is 0 Å². The van der Waals surface area contributed by atoms with Crippen molar-refractivity contribution in [1.29, 1.82) is 0 Å². The van der Waals surface area contributed by atoms with E-state index in [-0.39, 0.29) is 11.6 Å². The molecule has 2 aromatic carbocycles. The summed E-state index contributed by atoms with van der Waals surface area (Å²) in [6, 6.07) is 14.7. The van der Waals surface area contributed by atoms with Gasteiger partial charge in [-0.25, -0.2) is 0 Å². The molecule has 7 nitrogen and oxygen atoms in total. The molecule has 7 heteroatoms. The fraction of sp³-hybridized carbons (Fsp3) is 0.286. The minimum Gasteiger partial charge on any atom is -0.368 e. The molecule has 2 heterocycles. The van der Waals surface area contributed by atoms with Gasteiger partial charge < -0.3 is 14.4 Å². The number of para-hydroxylation sites is 1. The van der Waals surface area contributed by atoms with E-state index in [9.17, 15) is 14.9 Å². The number of hydrogen-bond acceptors (Lipinski definition) is 4. The zero-order valence-corrected chi connectivity index (χ0v) is 15.7. The lowest BCUT2D eigenvalue weighted by Gasteiger charge is -2.36. The lowest BCUT2D eigenvalue weighted by Crippen LogP contribution is -2.49. The minimum absolute atomic E-state index is 0.0904. The van der Waals surface area contributed by atoms with Crippen molar-refractivity contribution in [3.05, 3.63) is 70.4 Å². The van der Waals surface area contributed by atoms with Gasteiger partial charge in [0.25, 0.3) is 5.69 Å². The number of aromatic nitrogens is 1. The Bertz CT molecular complexity index is 1020. The molecule has 0 spiro atoms. The maximum absolute atomic E-state index is 12.8. The third kappa shape index (κ3) is 3.43. The van der Waals surface area contributed by atoms with Crippen molar-refractivity contribution in [2.75, 3.05) is 31.1 Å². The molecule has 0 radical (unpaired) electrons. The Morgan fingerprint density at radius 1 is 1.04 bits per heavy atom. The van der Waals surface area contributed by atoms with E-state index < -0.39 is 4.92 Å². The Kier molecular flexibility index (Phi) is 4.73. The molecule has 1 amide bonds. The van der Waals surface area contributed by atoms with E-state index in [2.05, 4.69) is 21.6 Å². The third-order valence-corrected chi connectivity index (χ3v) is 5.38. The molecule has 1 aliphatic rings. The van der Waals surface area contributed by atoms with Gasteiger partial charge >= 0.3 is 0 Å². The number of nitro groups is 1. The van der Waals surface area contributed by atoms with E-state index in [1.807, 2.05) is 30.3 Å². The van der Waals surface area contributed by atoms with Crippen molar-refractivity contribution in [3.8, 4) is 0 Å². The SMILES string of the molecule is Cn1cc(CC(=O)N2CCN(c3ccc([N+](=O)[O-])cc3)CC2)c2ccccc21. The van der Waals surface area contributed by atoms with Crippen LogP contribution < -0.4 is 4.90 Å². The van der Waals surface area contributed by atoms with Crippen molar-refractivity contribution >= 4 is 28.2 Å². The zero-order valence-electron chi connectivity index (χ0n) is 15.7. The first-order valence-corrected chi connectivity index (χ1v) is 9.33. The Balaban J connectivity index is 1.39. The van der Waals surface area contributed by atoms with Crippen LogP contribution in [0.2, 0.25) is 0 Å². The lowest BCUT2D eigenvalue weighted by atomic mass is 10.1. The molecule has 1 aromatic heterocycles. The third-order valence-electron chi connectivity index (χ3n) is 5.38. The van der Waals surface area contributed by atoms with E-state index in [1.165, 1.54) is 12.1 Å². The molecule has 4 rings (SSSR count). The van der Waals surface area contributed by atoms with Crippen molar-refractivity contribution in [2.24, 2.45) is 7.05 Å². The summed E-state index contributed by atoms with van der Waals surface area (Å²) in [7, 11) is 2.00. The Labute approximate surface area is 162 Å². The highest BCUT2D eigenvalue weighted by Gasteiger charge is 2.22. The summed E-state index contributed by atoms with van der Waals surface area (Å²) in [6.07, 6.45) is 2.44. The average molecular weight is 378 g/mol. The number of amides is 1. The van der Waals surface area contributed by atoms with Crippen LogP contribution in [-0.4, -0.2) is 46.5 Å². The molecular weight excluding hydrogens is 356 g/mol. The number of rotatable bonds is 4. The largest absolute Gasteiger partial charge is 0.368 e. The molecule has 28 heavy (non-hydrogen) atoms. The number of piperazine rings is 1. The minimum atomic E-state index is -0.395. The van der Waals surface area contributed by atoms with E-state index in [0.29, 0.717) is 19.5 Å². The molecule has 0 saturated carbocycles. The second-order valence-corrected chi connectivity index (χ2v) is 7.10. The maximum Gasteiger partial charge on any atom is 0.269 e. The molecule has 144 valence electrons. The fourth-order valence-electron chi connectivity index (χ4n) is 3.84. The standard InChI is InChI=1S/C21H22N4O3/c1-22-15-16(19-4-2-3-5-20(19)22)14-21(26)24-12-10-23(11-13-24)17-6-8-18(9-7-17)25(27)28/h2-9,15H,10-14H2,1H3. The Morgan fingerprint density at radius 3 is 2.39 bits per heavy atom. The molecule has 3 aromatic rings. The second-order valence-electron chi connectivity index (χ2n) is 7.10. The van der Waals surface area contributed by atoms with Crippen LogP contribution in [0.3, 0.4) is 0 Å². The van der Waals surface area contributed by atoms with Gasteiger partial charge in [-0.3, -0.25) is 14.9 Å². The fourth-order valence-corrected chi connectivity index (χ4v) is 3.84. The number of anilines is 1. The summed E-state index contributed by atoms with van der Waals surface area (Å²) in [5, 5.41) is 11.9. The quantitative estimate of drug-likeness (QED) is 0.517. The molecule has 1 fully saturated rings. The Morgan fingerprint density at radius 2 is 1.71 bits per heavy atom. The average Bonchev–Trinajstić information content (AvgIpc) is 3.04. The highest BCUT2D eigenvalue weighted by atomic mass is 16.6. The van der Waals surface area contributed by atoms with Crippen molar-refractivity contribution < 1.29 is 9.72 Å². The number of nitro benzene ring substituents is 1. The lowest BCUT2D eigenvalue weighted by molar-refractivity contribution is -0.384. The highest BCUT2D eigenvalue weighted by Crippen LogP contribution is 2.23. The number of benzene rings is 2. The molecule has 0 N–H and O–H groups in total. The number of carbonyl (C=O) groups excluding carboxylic acids is 1. The molecule has 0 atom stereocenters. The van der Waals surface area contributed by atoms with E-state index >= 15 is 0 Å². The van der Waals surface area contributed by atoms with Crippen LogP contribution >= 0.6 is 0 Å². The molecule has 0 bridgehead atoms. The summed E-state index contributed by atoms with van der Waals surface area (Å²) in [6.45, 7) is 2.75. The Hall–Kier alpha value is -3.35. The predicted molar refractivity (Wildman–Crippen MR) is 109 cm³/mol. The first kappa shape index (κ1) is 18.0. The smallest absolute Gasteiger partial charge is 0.269 e. The van der Waals surface area contributed by atoms with Gasteiger partial charge in [0.05, 0.1) is 11.3 Å². The molecule has 0 aliphatic carbocycles. The molecule has 1 aliphatic heterocycles. The van der Waals surface area contributed by atoms with Crippen LogP contribution in [-0.2, 0) is 18.3 Å². The normalized spacial score (nSPS) is 14.5. The van der Waals surface area contributed by atoms with Crippen LogP contribution in [0, 0.1) is 10.1 Å². The van der Waals surface area contributed by atoms with Crippen molar-refractivity contribution in [1.82, 2.24) is 9.47 Å².